The van der Waals surface area contributed by atoms with E-state index >= 15 is 0 Å². The summed E-state index contributed by atoms with van der Waals surface area (Å²) in [7, 11) is 0. The second-order valence-electron chi connectivity index (χ2n) is 4.94. The van der Waals surface area contributed by atoms with Gasteiger partial charge in [0.15, 0.2) is 0 Å². The van der Waals surface area contributed by atoms with Gasteiger partial charge in [0, 0.05) is 16.6 Å². The minimum absolute atomic E-state index is 0.194. The third kappa shape index (κ3) is 1.72. The molecular weight excluding hydrogens is 252 g/mol. The first-order chi connectivity index (χ1) is 9.01. The fourth-order valence-electron chi connectivity index (χ4n) is 2.93. The molecule has 2 aromatic rings. The molecule has 3 nitrogen and oxygen atoms in total. The molecule has 1 unspecified atom stereocenters. The average molecular weight is 265 g/mol. The van der Waals surface area contributed by atoms with Crippen molar-refractivity contribution in [3.05, 3.63) is 35.5 Å². The molecule has 0 saturated carbocycles. The maximum Gasteiger partial charge on any atom is 0.375 e. The number of carbonyl (C=O) groups is 1. The number of carboxylic acids is 1. The molecule has 1 aromatic heterocycles. The van der Waals surface area contributed by atoms with E-state index in [9.17, 15) is 13.6 Å². The van der Waals surface area contributed by atoms with E-state index in [1.54, 1.807) is 0 Å². The minimum atomic E-state index is -3.73. The van der Waals surface area contributed by atoms with Crippen LogP contribution >= 0.6 is 0 Å². The quantitative estimate of drug-likeness (QED) is 0.875. The SMILES string of the molecule is O=C(O)C(F)(F)C1CCCc2c1[nH]c1ccccc21. The summed E-state index contributed by atoms with van der Waals surface area (Å²) in [5.41, 5.74) is 2.02. The molecule has 0 amide bonds. The highest BCUT2D eigenvalue weighted by atomic mass is 19.3. The van der Waals surface area contributed by atoms with Gasteiger partial charge in [-0.05, 0) is 30.9 Å². The van der Waals surface area contributed by atoms with Crippen LogP contribution < -0.4 is 0 Å². The zero-order valence-corrected chi connectivity index (χ0v) is 10.1. The third-order valence-electron chi connectivity index (χ3n) is 3.84. The lowest BCUT2D eigenvalue weighted by molar-refractivity contribution is -0.169. The Balaban J connectivity index is 2.17. The first-order valence-corrected chi connectivity index (χ1v) is 6.22. The largest absolute Gasteiger partial charge is 0.477 e. The Morgan fingerprint density at radius 3 is 2.84 bits per heavy atom. The van der Waals surface area contributed by atoms with Crippen molar-refractivity contribution < 1.29 is 18.7 Å². The molecule has 1 atom stereocenters. The summed E-state index contributed by atoms with van der Waals surface area (Å²) in [6.45, 7) is 0. The van der Waals surface area contributed by atoms with Crippen LogP contribution in [0, 0.1) is 0 Å². The van der Waals surface area contributed by atoms with Crippen molar-refractivity contribution in [2.45, 2.75) is 31.1 Å². The number of fused-ring (bicyclic) bond motifs is 3. The van der Waals surface area contributed by atoms with E-state index in [0.717, 1.165) is 16.5 Å². The van der Waals surface area contributed by atoms with Crippen LogP contribution in [0.4, 0.5) is 8.78 Å². The van der Waals surface area contributed by atoms with Gasteiger partial charge >= 0.3 is 11.9 Å². The molecule has 5 heteroatoms. The van der Waals surface area contributed by atoms with Crippen molar-refractivity contribution in [3.63, 3.8) is 0 Å². The van der Waals surface area contributed by atoms with Gasteiger partial charge in [0.2, 0.25) is 0 Å². The fraction of sp³-hybridized carbons (Fsp3) is 0.357. The molecule has 2 N–H and O–H groups in total. The summed E-state index contributed by atoms with van der Waals surface area (Å²) >= 11 is 0. The molecule has 1 aliphatic rings. The van der Waals surface area contributed by atoms with E-state index in [-0.39, 0.29) is 6.42 Å². The number of hydrogen-bond donors (Lipinski definition) is 2. The summed E-state index contributed by atoms with van der Waals surface area (Å²) in [5, 5.41) is 9.65. The second-order valence-corrected chi connectivity index (χ2v) is 4.94. The predicted octanol–water partition coefficient (Wildman–Crippen LogP) is 3.31. The number of benzene rings is 1. The number of aliphatic carboxylic acids is 1. The van der Waals surface area contributed by atoms with Gasteiger partial charge in [-0.25, -0.2) is 4.79 Å². The zero-order chi connectivity index (χ0) is 13.6. The Hall–Kier alpha value is -1.91. The van der Waals surface area contributed by atoms with Crippen molar-refractivity contribution in [2.24, 2.45) is 0 Å². The molecule has 0 spiro atoms. The molecule has 0 aliphatic heterocycles. The van der Waals surface area contributed by atoms with Gasteiger partial charge in [-0.2, -0.15) is 8.78 Å². The predicted molar refractivity (Wildman–Crippen MR) is 66.6 cm³/mol. The number of nitrogens with one attached hydrogen (secondary N) is 1. The van der Waals surface area contributed by atoms with E-state index in [2.05, 4.69) is 4.98 Å². The van der Waals surface area contributed by atoms with Crippen molar-refractivity contribution in [1.29, 1.82) is 0 Å². The van der Waals surface area contributed by atoms with Crippen LogP contribution in [0.15, 0.2) is 24.3 Å². The first kappa shape index (κ1) is 12.1. The number of halogens is 2. The Bertz CT molecular complexity index is 648. The Morgan fingerprint density at radius 1 is 1.37 bits per heavy atom. The molecule has 0 fully saturated rings. The summed E-state index contributed by atoms with van der Waals surface area (Å²) in [6.07, 6.45) is 1.49. The van der Waals surface area contributed by atoms with Crippen LogP contribution in [0.3, 0.4) is 0 Å². The minimum Gasteiger partial charge on any atom is -0.477 e. The smallest absolute Gasteiger partial charge is 0.375 e. The number of H-pyrrole nitrogens is 1. The van der Waals surface area contributed by atoms with E-state index in [4.69, 9.17) is 5.11 Å². The Labute approximate surface area is 108 Å². The number of aryl methyl sites for hydroxylation is 1. The van der Waals surface area contributed by atoms with Crippen LogP contribution in [-0.2, 0) is 11.2 Å². The average Bonchev–Trinajstić information content (AvgIpc) is 2.76. The van der Waals surface area contributed by atoms with Crippen LogP contribution in [-0.4, -0.2) is 22.0 Å². The van der Waals surface area contributed by atoms with Crippen molar-refractivity contribution in [2.75, 3.05) is 0 Å². The number of hydrogen-bond acceptors (Lipinski definition) is 1. The molecule has 3 rings (SSSR count). The monoisotopic (exact) mass is 265 g/mol. The second kappa shape index (κ2) is 4.05. The molecule has 1 heterocycles. The van der Waals surface area contributed by atoms with Crippen molar-refractivity contribution >= 4 is 16.9 Å². The van der Waals surface area contributed by atoms with E-state index in [0.29, 0.717) is 18.5 Å². The molecule has 100 valence electrons. The van der Waals surface area contributed by atoms with E-state index in [1.165, 1.54) is 0 Å². The highest BCUT2D eigenvalue weighted by molar-refractivity contribution is 5.86. The standard InChI is InChI=1S/C14H13F2NO2/c15-14(16,13(18)19)10-6-3-5-9-8-4-1-2-7-11(8)17-12(9)10/h1-2,4,7,10,17H,3,5-6H2,(H,18,19). The van der Waals surface area contributed by atoms with Gasteiger partial charge in [-0.15, -0.1) is 0 Å². The number of rotatable bonds is 2. The number of aromatic nitrogens is 1. The highest BCUT2D eigenvalue weighted by Gasteiger charge is 2.50. The molecular formula is C14H13F2NO2. The van der Waals surface area contributed by atoms with Crippen LogP contribution in [0.25, 0.3) is 10.9 Å². The van der Waals surface area contributed by atoms with Gasteiger partial charge < -0.3 is 10.1 Å². The normalized spacial score (nSPS) is 19.4. The Morgan fingerprint density at radius 2 is 2.11 bits per heavy atom. The lowest BCUT2D eigenvalue weighted by Gasteiger charge is -2.27. The fourth-order valence-corrected chi connectivity index (χ4v) is 2.93. The van der Waals surface area contributed by atoms with Gasteiger partial charge in [0.1, 0.15) is 0 Å². The van der Waals surface area contributed by atoms with Crippen molar-refractivity contribution in [3.8, 4) is 0 Å². The van der Waals surface area contributed by atoms with Gasteiger partial charge in [-0.3, -0.25) is 0 Å². The third-order valence-corrected chi connectivity index (χ3v) is 3.84. The highest BCUT2D eigenvalue weighted by Crippen LogP contribution is 2.44. The summed E-state index contributed by atoms with van der Waals surface area (Å²) < 4.78 is 27.6. The van der Waals surface area contributed by atoms with E-state index in [1.807, 2.05) is 24.3 Å². The van der Waals surface area contributed by atoms with Gasteiger partial charge in [-0.1, -0.05) is 18.2 Å². The van der Waals surface area contributed by atoms with Crippen LogP contribution in [0.1, 0.15) is 30.0 Å². The summed E-state index contributed by atoms with van der Waals surface area (Å²) in [5.74, 6) is -7.04. The first-order valence-electron chi connectivity index (χ1n) is 6.22. The van der Waals surface area contributed by atoms with Gasteiger partial charge in [0.05, 0.1) is 5.92 Å². The Kier molecular flexibility index (Phi) is 2.59. The lowest BCUT2D eigenvalue weighted by Crippen LogP contribution is -2.37. The van der Waals surface area contributed by atoms with Crippen LogP contribution in [0.2, 0.25) is 0 Å². The molecule has 0 saturated heterocycles. The molecule has 19 heavy (non-hydrogen) atoms. The van der Waals surface area contributed by atoms with Crippen LogP contribution in [0.5, 0.6) is 0 Å². The maximum atomic E-state index is 13.8. The molecule has 0 radical (unpaired) electrons. The van der Waals surface area contributed by atoms with E-state index < -0.39 is 17.8 Å². The maximum absolute atomic E-state index is 13.8. The summed E-state index contributed by atoms with van der Waals surface area (Å²) in [6, 6.07) is 7.39. The number of carboxylic acid groups (broad SMARTS) is 1. The zero-order valence-electron chi connectivity index (χ0n) is 10.1. The van der Waals surface area contributed by atoms with Gasteiger partial charge in [0.25, 0.3) is 0 Å². The number of para-hydroxylation sites is 1. The molecule has 1 aliphatic carbocycles. The molecule has 0 bridgehead atoms. The lowest BCUT2D eigenvalue weighted by atomic mass is 9.83. The summed E-state index contributed by atoms with van der Waals surface area (Å²) in [4.78, 5) is 13.8. The van der Waals surface area contributed by atoms with Crippen molar-refractivity contribution in [1.82, 2.24) is 4.98 Å². The molecule has 1 aromatic carbocycles. The number of alkyl halides is 2. The topological polar surface area (TPSA) is 53.1 Å². The number of aromatic amines is 1.